The number of hydrogen-bond acceptors (Lipinski definition) is 2. The van der Waals surface area contributed by atoms with Crippen molar-refractivity contribution in [1.82, 2.24) is 5.32 Å². The zero-order valence-corrected chi connectivity index (χ0v) is 11.6. The van der Waals surface area contributed by atoms with Gasteiger partial charge in [0.05, 0.1) is 0 Å². The van der Waals surface area contributed by atoms with Crippen LogP contribution < -0.4 is 10.6 Å². The first kappa shape index (κ1) is 15.3. The minimum absolute atomic E-state index is 0.174. The van der Waals surface area contributed by atoms with Gasteiger partial charge in [0.25, 0.3) is 0 Å². The summed E-state index contributed by atoms with van der Waals surface area (Å²) in [5.74, 6) is -0.873. The lowest BCUT2D eigenvalue weighted by molar-refractivity contribution is -0.139. The Kier molecular flexibility index (Phi) is 5.63. The van der Waals surface area contributed by atoms with Gasteiger partial charge < -0.3 is 15.7 Å². The van der Waals surface area contributed by atoms with E-state index in [1.807, 2.05) is 13.8 Å². The molecule has 1 aromatic carbocycles. The molecule has 6 heteroatoms. The monoisotopic (exact) mass is 284 g/mol. The number of anilines is 1. The molecular weight excluding hydrogens is 268 g/mol. The van der Waals surface area contributed by atoms with E-state index < -0.39 is 18.0 Å². The van der Waals surface area contributed by atoms with E-state index in [2.05, 4.69) is 10.6 Å². The number of carbonyl (C=O) groups is 2. The molecule has 0 radical (unpaired) electrons. The molecule has 19 heavy (non-hydrogen) atoms. The summed E-state index contributed by atoms with van der Waals surface area (Å²) in [4.78, 5) is 22.7. The molecule has 0 heterocycles. The summed E-state index contributed by atoms with van der Waals surface area (Å²) in [5, 5.41) is 14.5. The van der Waals surface area contributed by atoms with Crippen LogP contribution in [0.5, 0.6) is 0 Å². The van der Waals surface area contributed by atoms with Gasteiger partial charge in [0.2, 0.25) is 0 Å². The van der Waals surface area contributed by atoms with Crippen molar-refractivity contribution in [3.05, 3.63) is 29.3 Å². The molecule has 2 amide bonds. The molecule has 3 N–H and O–H groups in total. The third kappa shape index (κ3) is 5.61. The van der Waals surface area contributed by atoms with Gasteiger partial charge >= 0.3 is 12.0 Å². The van der Waals surface area contributed by atoms with Crippen LogP contribution in [-0.2, 0) is 4.79 Å². The van der Waals surface area contributed by atoms with Gasteiger partial charge in [0.1, 0.15) is 6.04 Å². The summed E-state index contributed by atoms with van der Waals surface area (Å²) in [7, 11) is 0. The molecule has 104 valence electrons. The third-order valence-corrected chi connectivity index (χ3v) is 2.63. The van der Waals surface area contributed by atoms with Crippen LogP contribution in [0.1, 0.15) is 20.3 Å². The molecule has 0 aliphatic heterocycles. The van der Waals surface area contributed by atoms with Crippen molar-refractivity contribution in [3.8, 4) is 0 Å². The Balaban J connectivity index is 2.60. The molecule has 1 atom stereocenters. The molecule has 0 aliphatic rings. The summed E-state index contributed by atoms with van der Waals surface area (Å²) >= 11 is 5.79. The van der Waals surface area contributed by atoms with E-state index in [4.69, 9.17) is 16.7 Å². The summed E-state index contributed by atoms with van der Waals surface area (Å²) in [6.07, 6.45) is 0.373. The van der Waals surface area contributed by atoms with Crippen LogP contribution >= 0.6 is 11.6 Å². The maximum atomic E-state index is 11.7. The molecule has 5 nitrogen and oxygen atoms in total. The Labute approximate surface area is 117 Å². The normalized spacial score (nSPS) is 12.0. The number of aliphatic carboxylic acids is 1. The van der Waals surface area contributed by atoms with Crippen LogP contribution in [0.15, 0.2) is 24.3 Å². The lowest BCUT2D eigenvalue weighted by Crippen LogP contribution is -2.43. The summed E-state index contributed by atoms with van der Waals surface area (Å²) in [6.45, 7) is 3.79. The first-order valence-electron chi connectivity index (χ1n) is 5.94. The average Bonchev–Trinajstić information content (AvgIpc) is 2.27. The van der Waals surface area contributed by atoms with Crippen LogP contribution in [0.4, 0.5) is 10.5 Å². The zero-order chi connectivity index (χ0) is 14.4. The van der Waals surface area contributed by atoms with Crippen molar-refractivity contribution in [3.63, 3.8) is 0 Å². The van der Waals surface area contributed by atoms with Crippen molar-refractivity contribution >= 4 is 29.3 Å². The first-order valence-corrected chi connectivity index (χ1v) is 6.32. The van der Waals surface area contributed by atoms with Crippen molar-refractivity contribution in [2.24, 2.45) is 5.92 Å². The first-order chi connectivity index (χ1) is 8.88. The van der Waals surface area contributed by atoms with Crippen LogP contribution in [-0.4, -0.2) is 23.1 Å². The maximum absolute atomic E-state index is 11.7. The number of urea groups is 1. The van der Waals surface area contributed by atoms with Gasteiger partial charge in [-0.25, -0.2) is 9.59 Å². The molecule has 0 aliphatic carbocycles. The number of carbonyl (C=O) groups excluding carboxylic acids is 1. The molecule has 1 rings (SSSR count). The highest BCUT2D eigenvalue weighted by Crippen LogP contribution is 2.14. The predicted octanol–water partition coefficient (Wildman–Crippen LogP) is 2.96. The quantitative estimate of drug-likeness (QED) is 0.778. The number of rotatable bonds is 5. The Morgan fingerprint density at radius 1 is 1.37 bits per heavy atom. The van der Waals surface area contributed by atoms with E-state index in [0.717, 1.165) is 0 Å². The fourth-order valence-electron chi connectivity index (χ4n) is 1.58. The predicted molar refractivity (Wildman–Crippen MR) is 74.5 cm³/mol. The van der Waals surface area contributed by atoms with Gasteiger partial charge in [0.15, 0.2) is 0 Å². The topological polar surface area (TPSA) is 78.4 Å². The Hall–Kier alpha value is -1.75. The molecule has 0 bridgehead atoms. The van der Waals surface area contributed by atoms with Crippen molar-refractivity contribution < 1.29 is 14.7 Å². The van der Waals surface area contributed by atoms with Gasteiger partial charge in [-0.1, -0.05) is 31.5 Å². The average molecular weight is 285 g/mol. The summed E-state index contributed by atoms with van der Waals surface area (Å²) < 4.78 is 0. The van der Waals surface area contributed by atoms with E-state index in [0.29, 0.717) is 17.1 Å². The highest BCUT2D eigenvalue weighted by atomic mass is 35.5. The van der Waals surface area contributed by atoms with Gasteiger partial charge in [0, 0.05) is 10.7 Å². The van der Waals surface area contributed by atoms with Crippen molar-refractivity contribution in [2.45, 2.75) is 26.3 Å². The molecule has 1 aromatic rings. The van der Waals surface area contributed by atoms with E-state index in [1.54, 1.807) is 24.3 Å². The second-order valence-electron chi connectivity index (χ2n) is 4.63. The standard InChI is InChI=1S/C13H17ClN2O3/c1-8(2)6-11(12(17)18)16-13(19)15-10-5-3-4-9(14)7-10/h3-5,7-8,11H,6H2,1-2H3,(H,17,18)(H2,15,16,19)/t11-/m1/s1. The van der Waals surface area contributed by atoms with Crippen LogP contribution in [0.3, 0.4) is 0 Å². The number of benzene rings is 1. The number of carboxylic acids is 1. The lowest BCUT2D eigenvalue weighted by Gasteiger charge is -2.16. The molecular formula is C13H17ClN2O3. The SMILES string of the molecule is CC(C)C[C@@H](NC(=O)Nc1cccc(Cl)c1)C(=O)O. The highest BCUT2D eigenvalue weighted by molar-refractivity contribution is 6.30. The maximum Gasteiger partial charge on any atom is 0.326 e. The minimum atomic E-state index is -1.05. The van der Waals surface area contributed by atoms with Gasteiger partial charge in [-0.3, -0.25) is 0 Å². The summed E-state index contributed by atoms with van der Waals surface area (Å²) in [5.41, 5.74) is 0.513. The van der Waals surface area contributed by atoms with Crippen LogP contribution in [0.2, 0.25) is 5.02 Å². The van der Waals surface area contributed by atoms with Crippen LogP contribution in [0, 0.1) is 5.92 Å². The number of nitrogens with one attached hydrogen (secondary N) is 2. The van der Waals surface area contributed by atoms with E-state index in [-0.39, 0.29) is 5.92 Å². The van der Waals surface area contributed by atoms with Crippen LogP contribution in [0.25, 0.3) is 0 Å². The molecule has 0 saturated carbocycles. The summed E-state index contributed by atoms with van der Waals surface area (Å²) in [6, 6.07) is 5.17. The smallest absolute Gasteiger partial charge is 0.326 e. The molecule has 0 saturated heterocycles. The fraction of sp³-hybridized carbons (Fsp3) is 0.385. The Bertz CT molecular complexity index is 463. The highest BCUT2D eigenvalue weighted by Gasteiger charge is 2.20. The minimum Gasteiger partial charge on any atom is -0.480 e. The number of halogens is 1. The second kappa shape index (κ2) is 6.99. The zero-order valence-electron chi connectivity index (χ0n) is 10.8. The van der Waals surface area contributed by atoms with E-state index >= 15 is 0 Å². The van der Waals surface area contributed by atoms with Gasteiger partial charge in [-0.05, 0) is 30.5 Å². The largest absolute Gasteiger partial charge is 0.480 e. The fourth-order valence-corrected chi connectivity index (χ4v) is 1.77. The molecule has 0 aromatic heterocycles. The molecule has 0 unspecified atom stereocenters. The second-order valence-corrected chi connectivity index (χ2v) is 5.07. The number of carboxylic acid groups (broad SMARTS) is 1. The van der Waals surface area contributed by atoms with Gasteiger partial charge in [-0.15, -0.1) is 0 Å². The third-order valence-electron chi connectivity index (χ3n) is 2.39. The Morgan fingerprint density at radius 3 is 2.58 bits per heavy atom. The van der Waals surface area contributed by atoms with E-state index in [9.17, 15) is 9.59 Å². The lowest BCUT2D eigenvalue weighted by atomic mass is 10.0. The van der Waals surface area contributed by atoms with E-state index in [1.165, 1.54) is 0 Å². The number of hydrogen-bond donors (Lipinski definition) is 3. The molecule has 0 spiro atoms. The van der Waals surface area contributed by atoms with Gasteiger partial charge in [-0.2, -0.15) is 0 Å². The van der Waals surface area contributed by atoms with Crippen molar-refractivity contribution in [1.29, 1.82) is 0 Å². The number of amides is 2. The van der Waals surface area contributed by atoms with Crippen molar-refractivity contribution in [2.75, 3.05) is 5.32 Å². The Morgan fingerprint density at radius 2 is 2.05 bits per heavy atom. The molecule has 0 fully saturated rings.